The molecule has 0 aliphatic rings. The third-order valence-corrected chi connectivity index (χ3v) is 4.02. The van der Waals surface area contributed by atoms with Crippen molar-refractivity contribution in [2.75, 3.05) is 11.9 Å². The molecule has 1 aromatic carbocycles. The number of nitrogens with one attached hydrogen (secondary N) is 1. The number of ether oxygens (including phenoxy) is 1. The van der Waals surface area contributed by atoms with Crippen molar-refractivity contribution in [3.63, 3.8) is 0 Å². The van der Waals surface area contributed by atoms with Gasteiger partial charge in [-0.25, -0.2) is 0 Å². The van der Waals surface area contributed by atoms with Crippen molar-refractivity contribution in [3.8, 4) is 5.75 Å². The van der Waals surface area contributed by atoms with E-state index < -0.39 is 0 Å². The maximum Gasteiger partial charge on any atom is 0.293 e. The van der Waals surface area contributed by atoms with Crippen LogP contribution in [-0.4, -0.2) is 17.1 Å². The predicted molar refractivity (Wildman–Crippen MR) is 100 cm³/mol. The zero-order chi connectivity index (χ0) is 18.2. The minimum absolute atomic E-state index is 0.0383. The number of para-hydroxylation sites is 1. The van der Waals surface area contributed by atoms with Crippen LogP contribution in [0.4, 0.5) is 5.69 Å². The number of amides is 1. The van der Waals surface area contributed by atoms with Gasteiger partial charge in [-0.3, -0.25) is 9.59 Å². The third kappa shape index (κ3) is 4.72. The fraction of sp³-hybridized carbons (Fsp3) is 0.400. The van der Waals surface area contributed by atoms with Gasteiger partial charge in [0, 0.05) is 11.9 Å². The molecular formula is C20H26N2O3. The standard InChI is InChI=1S/C20H26N2O3/c1-4-13-25-17-11-8-12-22(20(17)24)14-18(23)21-19-15(5-2)9-7-10-16(19)6-3/h7-12H,4-6,13-14H2,1-3H3,(H,21,23). The van der Waals surface area contributed by atoms with Crippen molar-refractivity contribution in [2.45, 2.75) is 46.6 Å². The summed E-state index contributed by atoms with van der Waals surface area (Å²) in [6.45, 7) is 6.54. The fourth-order valence-corrected chi connectivity index (χ4v) is 2.70. The largest absolute Gasteiger partial charge is 0.488 e. The average molecular weight is 342 g/mol. The number of aryl methyl sites for hydroxylation is 2. The Labute approximate surface area is 148 Å². The summed E-state index contributed by atoms with van der Waals surface area (Å²) in [7, 11) is 0. The SMILES string of the molecule is CCCOc1cccn(CC(=O)Nc2c(CC)cccc2CC)c1=O. The molecule has 0 spiro atoms. The molecule has 0 unspecified atom stereocenters. The number of hydrogen-bond donors (Lipinski definition) is 1. The van der Waals surface area contributed by atoms with Crippen LogP contribution < -0.4 is 15.6 Å². The molecule has 1 aromatic heterocycles. The average Bonchev–Trinajstić information content (AvgIpc) is 2.62. The maximum atomic E-state index is 12.5. The molecule has 0 radical (unpaired) electrons. The van der Waals surface area contributed by atoms with Crippen LogP contribution in [0.15, 0.2) is 41.3 Å². The first-order valence-corrected chi connectivity index (χ1v) is 8.83. The Morgan fingerprint density at radius 1 is 1.08 bits per heavy atom. The highest BCUT2D eigenvalue weighted by Crippen LogP contribution is 2.22. The van der Waals surface area contributed by atoms with E-state index in [1.807, 2.05) is 25.1 Å². The van der Waals surface area contributed by atoms with Gasteiger partial charge < -0.3 is 14.6 Å². The number of carbonyl (C=O) groups excluding carboxylic acids is 1. The summed E-state index contributed by atoms with van der Waals surface area (Å²) in [5.41, 5.74) is 2.77. The molecule has 1 N–H and O–H groups in total. The Balaban J connectivity index is 2.18. The number of pyridine rings is 1. The number of rotatable bonds is 8. The lowest BCUT2D eigenvalue weighted by atomic mass is 10.0. The molecule has 0 saturated heterocycles. The van der Waals surface area contributed by atoms with Gasteiger partial charge in [-0.05, 0) is 42.5 Å². The van der Waals surface area contributed by atoms with E-state index in [1.54, 1.807) is 18.3 Å². The van der Waals surface area contributed by atoms with Gasteiger partial charge in [0.15, 0.2) is 5.75 Å². The van der Waals surface area contributed by atoms with Gasteiger partial charge in [-0.2, -0.15) is 0 Å². The maximum absolute atomic E-state index is 12.5. The fourth-order valence-electron chi connectivity index (χ4n) is 2.70. The summed E-state index contributed by atoms with van der Waals surface area (Å²) in [5.74, 6) is 0.0608. The van der Waals surface area contributed by atoms with E-state index in [-0.39, 0.29) is 23.8 Å². The zero-order valence-electron chi connectivity index (χ0n) is 15.2. The van der Waals surface area contributed by atoms with Crippen LogP contribution in [0, 0.1) is 0 Å². The molecule has 134 valence electrons. The monoisotopic (exact) mass is 342 g/mol. The van der Waals surface area contributed by atoms with Crippen LogP contribution >= 0.6 is 0 Å². The lowest BCUT2D eigenvalue weighted by Crippen LogP contribution is -2.28. The molecule has 0 aliphatic heterocycles. The lowest BCUT2D eigenvalue weighted by Gasteiger charge is -2.15. The van der Waals surface area contributed by atoms with Crippen LogP contribution in [0.5, 0.6) is 5.75 Å². The number of carbonyl (C=O) groups is 1. The molecule has 0 aliphatic carbocycles. The second-order valence-corrected chi connectivity index (χ2v) is 5.86. The molecule has 0 saturated carbocycles. The summed E-state index contributed by atoms with van der Waals surface area (Å²) < 4.78 is 6.81. The molecule has 5 nitrogen and oxygen atoms in total. The van der Waals surface area contributed by atoms with E-state index >= 15 is 0 Å². The molecular weight excluding hydrogens is 316 g/mol. The van der Waals surface area contributed by atoms with Gasteiger partial charge in [-0.15, -0.1) is 0 Å². The Morgan fingerprint density at radius 2 is 1.76 bits per heavy atom. The van der Waals surface area contributed by atoms with E-state index in [2.05, 4.69) is 19.2 Å². The first-order valence-electron chi connectivity index (χ1n) is 8.83. The number of anilines is 1. The van der Waals surface area contributed by atoms with E-state index in [0.717, 1.165) is 36.1 Å². The van der Waals surface area contributed by atoms with Crippen molar-refractivity contribution in [3.05, 3.63) is 58.0 Å². The molecule has 0 atom stereocenters. The Hall–Kier alpha value is -2.56. The molecule has 1 heterocycles. The van der Waals surface area contributed by atoms with Crippen molar-refractivity contribution in [1.29, 1.82) is 0 Å². The van der Waals surface area contributed by atoms with E-state index in [0.29, 0.717) is 6.61 Å². The topological polar surface area (TPSA) is 60.3 Å². The smallest absolute Gasteiger partial charge is 0.293 e. The molecule has 25 heavy (non-hydrogen) atoms. The number of benzene rings is 1. The summed E-state index contributed by atoms with van der Waals surface area (Å²) in [6.07, 6.45) is 4.10. The van der Waals surface area contributed by atoms with Crippen LogP contribution in [0.1, 0.15) is 38.3 Å². The molecule has 2 rings (SSSR count). The van der Waals surface area contributed by atoms with E-state index in [9.17, 15) is 9.59 Å². The summed E-state index contributed by atoms with van der Waals surface area (Å²) in [5, 5.41) is 2.98. The van der Waals surface area contributed by atoms with Crippen molar-refractivity contribution in [1.82, 2.24) is 4.57 Å². The van der Waals surface area contributed by atoms with Gasteiger partial charge in [0.05, 0.1) is 6.61 Å². The van der Waals surface area contributed by atoms with Crippen molar-refractivity contribution < 1.29 is 9.53 Å². The van der Waals surface area contributed by atoms with E-state index in [1.165, 1.54) is 4.57 Å². The first kappa shape index (κ1) is 18.8. The van der Waals surface area contributed by atoms with Crippen LogP contribution in [0.25, 0.3) is 0 Å². The Bertz CT molecular complexity index is 759. The van der Waals surface area contributed by atoms with Gasteiger partial charge in [0.1, 0.15) is 6.54 Å². The zero-order valence-corrected chi connectivity index (χ0v) is 15.2. The molecule has 2 aromatic rings. The number of nitrogens with zero attached hydrogens (tertiary/aromatic N) is 1. The van der Waals surface area contributed by atoms with Gasteiger partial charge in [0.2, 0.25) is 5.91 Å². The minimum atomic E-state index is -0.286. The lowest BCUT2D eigenvalue weighted by molar-refractivity contribution is -0.116. The van der Waals surface area contributed by atoms with E-state index in [4.69, 9.17) is 4.74 Å². The molecule has 0 fully saturated rings. The summed E-state index contributed by atoms with van der Waals surface area (Å²) >= 11 is 0. The number of aromatic nitrogens is 1. The highest BCUT2D eigenvalue weighted by molar-refractivity contribution is 5.92. The second kappa shape index (κ2) is 9.06. The predicted octanol–water partition coefficient (Wildman–Crippen LogP) is 3.40. The molecule has 5 heteroatoms. The van der Waals surface area contributed by atoms with Crippen molar-refractivity contribution >= 4 is 11.6 Å². The Kier molecular flexibility index (Phi) is 6.81. The molecule has 1 amide bonds. The summed E-state index contributed by atoms with van der Waals surface area (Å²) in [6, 6.07) is 9.39. The second-order valence-electron chi connectivity index (χ2n) is 5.86. The van der Waals surface area contributed by atoms with Gasteiger partial charge in [0.25, 0.3) is 5.56 Å². The van der Waals surface area contributed by atoms with Crippen LogP contribution in [0.3, 0.4) is 0 Å². The third-order valence-electron chi connectivity index (χ3n) is 4.02. The van der Waals surface area contributed by atoms with Crippen LogP contribution in [0.2, 0.25) is 0 Å². The quantitative estimate of drug-likeness (QED) is 0.800. The van der Waals surface area contributed by atoms with Gasteiger partial charge in [-0.1, -0.05) is 39.0 Å². The molecule has 0 bridgehead atoms. The van der Waals surface area contributed by atoms with Gasteiger partial charge >= 0.3 is 0 Å². The van der Waals surface area contributed by atoms with Crippen molar-refractivity contribution in [2.24, 2.45) is 0 Å². The van der Waals surface area contributed by atoms with Crippen LogP contribution in [-0.2, 0) is 24.2 Å². The normalized spacial score (nSPS) is 10.5. The highest BCUT2D eigenvalue weighted by atomic mass is 16.5. The Morgan fingerprint density at radius 3 is 2.36 bits per heavy atom. The first-order chi connectivity index (χ1) is 12.1. The highest BCUT2D eigenvalue weighted by Gasteiger charge is 2.12. The minimum Gasteiger partial charge on any atom is -0.488 e. The number of hydrogen-bond acceptors (Lipinski definition) is 3. The summed E-state index contributed by atoms with van der Waals surface area (Å²) in [4.78, 5) is 24.9.